The van der Waals surface area contributed by atoms with E-state index in [1.54, 1.807) is 11.3 Å². The maximum absolute atomic E-state index is 11.8. The van der Waals surface area contributed by atoms with Gasteiger partial charge in [0, 0.05) is 11.8 Å². The Morgan fingerprint density at radius 1 is 1.45 bits per heavy atom. The third-order valence-electron chi connectivity index (χ3n) is 3.30. The van der Waals surface area contributed by atoms with Gasteiger partial charge in [-0.15, -0.1) is 36.2 Å². The van der Waals surface area contributed by atoms with Crippen molar-refractivity contribution in [2.24, 2.45) is 5.92 Å². The molecule has 2 rings (SSSR count). The maximum Gasteiger partial charge on any atom is 0.220 e. The molecule has 2 heterocycles. The van der Waals surface area contributed by atoms with Crippen LogP contribution < -0.4 is 10.6 Å². The summed E-state index contributed by atoms with van der Waals surface area (Å²) in [6.45, 7) is 4.76. The van der Waals surface area contributed by atoms with Crippen molar-refractivity contribution in [2.45, 2.75) is 39.2 Å². The highest BCUT2D eigenvalue weighted by Crippen LogP contribution is 2.15. The summed E-state index contributed by atoms with van der Waals surface area (Å²) in [5.41, 5.74) is 0.982. The van der Waals surface area contributed by atoms with Crippen molar-refractivity contribution in [3.8, 4) is 0 Å². The van der Waals surface area contributed by atoms with Crippen molar-refractivity contribution in [1.29, 1.82) is 0 Å². The first-order valence-electron chi connectivity index (χ1n) is 6.68. The summed E-state index contributed by atoms with van der Waals surface area (Å²) in [7, 11) is 0. The average Bonchev–Trinajstić information content (AvgIpc) is 2.85. The molecule has 1 fully saturated rings. The lowest BCUT2D eigenvalue weighted by Crippen LogP contribution is -2.32. The maximum atomic E-state index is 11.8. The zero-order valence-electron chi connectivity index (χ0n) is 11.7. The number of amides is 1. The summed E-state index contributed by atoms with van der Waals surface area (Å²) >= 11 is 1.67. The van der Waals surface area contributed by atoms with Gasteiger partial charge in [-0.2, -0.15) is 0 Å². The molecule has 0 aliphatic carbocycles. The lowest BCUT2D eigenvalue weighted by molar-refractivity contribution is -0.122. The number of halogens is 2. The lowest BCUT2D eigenvalue weighted by Gasteiger charge is -2.21. The van der Waals surface area contributed by atoms with Gasteiger partial charge in [0.15, 0.2) is 0 Å². The Hall–Kier alpha value is -0.360. The van der Waals surface area contributed by atoms with E-state index in [1.165, 1.54) is 0 Å². The van der Waals surface area contributed by atoms with Gasteiger partial charge in [0.05, 0.1) is 17.2 Å². The van der Waals surface area contributed by atoms with Crippen LogP contribution in [0.25, 0.3) is 0 Å². The first kappa shape index (κ1) is 19.6. The third-order valence-corrected chi connectivity index (χ3v) is 4.34. The second kappa shape index (κ2) is 10.4. The molecule has 1 aromatic rings. The van der Waals surface area contributed by atoms with Gasteiger partial charge < -0.3 is 10.6 Å². The van der Waals surface area contributed by atoms with Crippen molar-refractivity contribution < 1.29 is 4.79 Å². The van der Waals surface area contributed by atoms with Crippen LogP contribution in [-0.2, 0) is 17.8 Å². The molecule has 0 radical (unpaired) electrons. The minimum atomic E-state index is 0. The first-order valence-corrected chi connectivity index (χ1v) is 7.56. The van der Waals surface area contributed by atoms with Crippen molar-refractivity contribution in [3.63, 3.8) is 0 Å². The zero-order valence-corrected chi connectivity index (χ0v) is 14.1. The minimum Gasteiger partial charge on any atom is -0.350 e. The highest BCUT2D eigenvalue weighted by Gasteiger charge is 2.16. The molecule has 7 heteroatoms. The van der Waals surface area contributed by atoms with Crippen LogP contribution in [-0.4, -0.2) is 24.0 Å². The molecule has 1 aliphatic heterocycles. The molecule has 0 spiro atoms. The van der Waals surface area contributed by atoms with Crippen LogP contribution in [0.3, 0.4) is 0 Å². The molecular weight excluding hydrogens is 317 g/mol. The summed E-state index contributed by atoms with van der Waals surface area (Å²) in [5, 5.41) is 9.45. The number of hydrogen-bond donors (Lipinski definition) is 2. The van der Waals surface area contributed by atoms with Crippen LogP contribution in [0.15, 0.2) is 5.38 Å². The number of piperidine rings is 1. The third kappa shape index (κ3) is 6.39. The summed E-state index contributed by atoms with van der Waals surface area (Å²) in [4.78, 5) is 16.2. The fraction of sp³-hybridized carbons (Fsp3) is 0.692. The molecule has 4 nitrogen and oxygen atoms in total. The molecule has 0 unspecified atom stereocenters. The molecule has 0 saturated carbocycles. The Balaban J connectivity index is 0.00000180. The van der Waals surface area contributed by atoms with Gasteiger partial charge >= 0.3 is 0 Å². The first-order chi connectivity index (χ1) is 8.78. The van der Waals surface area contributed by atoms with E-state index in [-0.39, 0.29) is 30.7 Å². The number of carbonyl (C=O) groups excluding carboxylic acids is 1. The van der Waals surface area contributed by atoms with Crippen molar-refractivity contribution in [1.82, 2.24) is 15.6 Å². The second-order valence-electron chi connectivity index (χ2n) is 4.76. The van der Waals surface area contributed by atoms with E-state index < -0.39 is 0 Å². The Kier molecular flexibility index (Phi) is 10.2. The number of carbonyl (C=O) groups is 1. The number of nitrogens with one attached hydrogen (secondary N) is 2. The van der Waals surface area contributed by atoms with Gasteiger partial charge in [-0.05, 0) is 38.3 Å². The van der Waals surface area contributed by atoms with Gasteiger partial charge in [-0.3, -0.25) is 4.79 Å². The molecule has 2 N–H and O–H groups in total. The number of thiazole rings is 1. The monoisotopic (exact) mass is 339 g/mol. The Bertz CT molecular complexity index is 395. The van der Waals surface area contributed by atoms with Crippen molar-refractivity contribution in [3.05, 3.63) is 16.1 Å². The van der Waals surface area contributed by atoms with Gasteiger partial charge in [-0.1, -0.05) is 6.92 Å². The van der Waals surface area contributed by atoms with E-state index in [1.807, 2.05) is 5.38 Å². The molecule has 1 saturated heterocycles. The van der Waals surface area contributed by atoms with Crippen LogP contribution in [0.2, 0.25) is 0 Å². The van der Waals surface area contributed by atoms with Gasteiger partial charge in [0.1, 0.15) is 0 Å². The van der Waals surface area contributed by atoms with Crippen LogP contribution in [0.4, 0.5) is 0 Å². The van der Waals surface area contributed by atoms with E-state index in [9.17, 15) is 4.79 Å². The normalized spacial score (nSPS) is 15.1. The summed E-state index contributed by atoms with van der Waals surface area (Å²) in [6, 6.07) is 0. The molecule has 0 atom stereocenters. The quantitative estimate of drug-likeness (QED) is 0.866. The number of aromatic nitrogens is 1. The Morgan fingerprint density at radius 3 is 2.75 bits per heavy atom. The molecular formula is C13H23Cl2N3OS. The average molecular weight is 340 g/mol. The topological polar surface area (TPSA) is 54.0 Å². The Morgan fingerprint density at radius 2 is 2.15 bits per heavy atom. The van der Waals surface area contributed by atoms with Crippen LogP contribution >= 0.6 is 36.2 Å². The molecule has 0 bridgehead atoms. The highest BCUT2D eigenvalue weighted by atomic mass is 35.5. The van der Waals surface area contributed by atoms with Crippen LogP contribution in [0.5, 0.6) is 0 Å². The van der Waals surface area contributed by atoms with Gasteiger partial charge in [0.2, 0.25) is 5.91 Å². The highest BCUT2D eigenvalue weighted by molar-refractivity contribution is 7.09. The second-order valence-corrected chi connectivity index (χ2v) is 5.70. The van der Waals surface area contributed by atoms with Crippen molar-refractivity contribution >= 4 is 42.1 Å². The smallest absolute Gasteiger partial charge is 0.220 e. The number of rotatable bonds is 5. The van der Waals surface area contributed by atoms with Crippen molar-refractivity contribution in [2.75, 3.05) is 13.1 Å². The molecule has 1 aromatic heterocycles. The molecule has 1 amide bonds. The molecule has 0 aromatic carbocycles. The predicted molar refractivity (Wildman–Crippen MR) is 88.0 cm³/mol. The SMILES string of the molecule is CCc1nc(CNC(=O)CC2CCNCC2)cs1.Cl.Cl. The van der Waals surface area contributed by atoms with Crippen LogP contribution in [0.1, 0.15) is 36.9 Å². The van der Waals surface area contributed by atoms with Gasteiger partial charge in [-0.25, -0.2) is 4.98 Å². The van der Waals surface area contributed by atoms with E-state index in [0.29, 0.717) is 18.9 Å². The minimum absolute atomic E-state index is 0. The summed E-state index contributed by atoms with van der Waals surface area (Å²) < 4.78 is 0. The van der Waals surface area contributed by atoms with E-state index >= 15 is 0 Å². The van der Waals surface area contributed by atoms with E-state index in [0.717, 1.165) is 43.1 Å². The molecule has 116 valence electrons. The molecule has 20 heavy (non-hydrogen) atoms. The fourth-order valence-corrected chi connectivity index (χ4v) is 2.95. The zero-order chi connectivity index (χ0) is 12.8. The molecule has 1 aliphatic rings. The number of nitrogens with zero attached hydrogens (tertiary/aromatic N) is 1. The summed E-state index contributed by atoms with van der Waals surface area (Å²) in [5.74, 6) is 0.709. The van der Waals surface area contributed by atoms with Crippen LogP contribution in [0, 0.1) is 5.92 Å². The predicted octanol–water partition coefficient (Wildman–Crippen LogP) is 2.56. The Labute approximate surface area is 137 Å². The van der Waals surface area contributed by atoms with E-state index in [2.05, 4.69) is 22.5 Å². The standard InChI is InChI=1S/C13H21N3OS.2ClH/c1-2-13-16-11(9-18-13)8-15-12(17)7-10-3-5-14-6-4-10;;/h9-10,14H,2-8H2,1H3,(H,15,17);2*1H. The summed E-state index contributed by atoms with van der Waals surface area (Å²) in [6.07, 6.45) is 3.86. The number of aryl methyl sites for hydroxylation is 1. The van der Waals surface area contributed by atoms with Gasteiger partial charge in [0.25, 0.3) is 0 Å². The number of hydrogen-bond acceptors (Lipinski definition) is 4. The lowest BCUT2D eigenvalue weighted by atomic mass is 9.94. The fourth-order valence-electron chi connectivity index (χ4n) is 2.20. The van der Waals surface area contributed by atoms with E-state index in [4.69, 9.17) is 0 Å². The largest absolute Gasteiger partial charge is 0.350 e.